The van der Waals surface area contributed by atoms with E-state index in [1.165, 1.54) is 141 Å². The zero-order valence-electron chi connectivity index (χ0n) is 37.4. The Labute approximate surface area is 348 Å². The van der Waals surface area contributed by atoms with E-state index < -0.39 is 0 Å². The maximum Gasteiger partial charge on any atom is 0.306 e. The van der Waals surface area contributed by atoms with Crippen molar-refractivity contribution < 1.29 is 19.1 Å². The van der Waals surface area contributed by atoms with Crippen LogP contribution >= 0.6 is 12.2 Å². The minimum absolute atomic E-state index is 0.0186. The first-order chi connectivity index (χ1) is 26.8. The quantitative estimate of drug-likeness (QED) is 0.0372. The number of rotatable bonds is 42. The number of carbonyl (C=O) groups is 2. The van der Waals surface area contributed by atoms with Crippen LogP contribution in [0.3, 0.4) is 0 Å². The number of thiocarbonyl (C=S) groups is 1. The second kappa shape index (κ2) is 42.2. The van der Waals surface area contributed by atoms with Crippen LogP contribution < -0.4 is 5.32 Å². The molecule has 326 valence electrons. The molecule has 1 atom stereocenters. The summed E-state index contributed by atoms with van der Waals surface area (Å²) in [6.45, 7) is 11.5. The van der Waals surface area contributed by atoms with Crippen molar-refractivity contribution in [2.24, 2.45) is 0 Å². The van der Waals surface area contributed by atoms with E-state index in [2.05, 4.69) is 31.0 Å². The van der Waals surface area contributed by atoms with Crippen molar-refractivity contribution in [3.63, 3.8) is 0 Å². The molecule has 0 saturated heterocycles. The van der Waals surface area contributed by atoms with Gasteiger partial charge in [0.15, 0.2) is 5.11 Å². The largest absolute Gasteiger partial charge is 0.466 e. The molecule has 0 rings (SSSR count). The van der Waals surface area contributed by atoms with Crippen LogP contribution in [0.15, 0.2) is 0 Å². The van der Waals surface area contributed by atoms with Crippen molar-refractivity contribution in [3.05, 3.63) is 0 Å². The Kier molecular flexibility index (Phi) is 41.1. The molecule has 55 heavy (non-hydrogen) atoms. The Morgan fingerprint density at radius 2 is 0.909 bits per heavy atom. The average molecular weight is 796 g/mol. The third-order valence-electron chi connectivity index (χ3n) is 10.9. The predicted molar refractivity (Wildman–Crippen MR) is 241 cm³/mol. The molecule has 0 aliphatic heterocycles. The van der Waals surface area contributed by atoms with E-state index in [-0.39, 0.29) is 18.0 Å². The summed E-state index contributed by atoms with van der Waals surface area (Å²) in [5, 5.41) is 4.14. The van der Waals surface area contributed by atoms with Gasteiger partial charge in [-0.05, 0) is 96.1 Å². The van der Waals surface area contributed by atoms with Crippen molar-refractivity contribution in [2.45, 2.75) is 239 Å². The van der Waals surface area contributed by atoms with Gasteiger partial charge in [-0.25, -0.2) is 0 Å². The number of unbranched alkanes of at least 4 members (excludes halogenated alkanes) is 23. The SMILES string of the molecule is CCCCCCCCCCCOC(=O)CCCCCN(CCCCCCCC(=O)OC(CCCCCCC)CCCCCCCC)CCCNC(=S)N(C)C. The van der Waals surface area contributed by atoms with E-state index in [1.54, 1.807) is 0 Å². The minimum Gasteiger partial charge on any atom is -0.466 e. The van der Waals surface area contributed by atoms with Gasteiger partial charge in [-0.3, -0.25) is 9.59 Å². The fourth-order valence-electron chi connectivity index (χ4n) is 7.21. The zero-order valence-corrected chi connectivity index (χ0v) is 38.2. The molecule has 0 saturated carbocycles. The molecule has 0 spiro atoms. The number of nitrogens with one attached hydrogen (secondary N) is 1. The second-order valence-corrected chi connectivity index (χ2v) is 17.0. The Balaban J connectivity index is 4.35. The van der Waals surface area contributed by atoms with Crippen LogP contribution in [0, 0.1) is 0 Å². The van der Waals surface area contributed by atoms with Gasteiger partial charge in [0.2, 0.25) is 0 Å². The zero-order chi connectivity index (χ0) is 40.5. The molecule has 1 N–H and O–H groups in total. The summed E-state index contributed by atoms with van der Waals surface area (Å²) in [6, 6.07) is 0. The molecule has 0 fully saturated rings. The smallest absolute Gasteiger partial charge is 0.306 e. The molecule has 0 aromatic carbocycles. The Hall–Kier alpha value is -1.41. The Morgan fingerprint density at radius 1 is 0.509 bits per heavy atom. The van der Waals surface area contributed by atoms with Crippen molar-refractivity contribution in [3.8, 4) is 0 Å². The first-order valence-corrected chi connectivity index (χ1v) is 24.3. The normalized spacial score (nSPS) is 11.9. The lowest BCUT2D eigenvalue weighted by molar-refractivity contribution is -0.150. The summed E-state index contributed by atoms with van der Waals surface area (Å²) in [5.41, 5.74) is 0. The van der Waals surface area contributed by atoms with Crippen molar-refractivity contribution in [1.29, 1.82) is 0 Å². The summed E-state index contributed by atoms with van der Waals surface area (Å²) < 4.78 is 11.6. The third kappa shape index (κ3) is 39.2. The Bertz CT molecular complexity index is 858. The molecule has 0 amide bonds. The summed E-state index contributed by atoms with van der Waals surface area (Å²) in [7, 11) is 3.95. The van der Waals surface area contributed by atoms with Gasteiger partial charge in [0.1, 0.15) is 6.10 Å². The lowest BCUT2D eigenvalue weighted by atomic mass is 10.0. The third-order valence-corrected chi connectivity index (χ3v) is 11.4. The number of hydrogen-bond donors (Lipinski definition) is 1. The molecule has 0 aliphatic carbocycles. The van der Waals surface area contributed by atoms with Crippen LogP contribution in [-0.4, -0.2) is 79.8 Å². The molecule has 8 heteroatoms. The van der Waals surface area contributed by atoms with Gasteiger partial charge in [-0.2, -0.15) is 0 Å². The number of carbonyl (C=O) groups excluding carboxylic acids is 2. The van der Waals surface area contributed by atoms with Gasteiger partial charge < -0.3 is 24.6 Å². The highest BCUT2D eigenvalue weighted by Crippen LogP contribution is 2.18. The summed E-state index contributed by atoms with van der Waals surface area (Å²) >= 11 is 5.40. The maximum atomic E-state index is 12.8. The molecule has 0 aliphatic rings. The minimum atomic E-state index is -0.0293. The summed E-state index contributed by atoms with van der Waals surface area (Å²) in [4.78, 5) is 29.6. The number of esters is 2. The van der Waals surface area contributed by atoms with Gasteiger partial charge in [0.25, 0.3) is 0 Å². The molecular formula is C47H93N3O4S. The van der Waals surface area contributed by atoms with Crippen molar-refractivity contribution in [2.75, 3.05) is 46.9 Å². The van der Waals surface area contributed by atoms with E-state index >= 15 is 0 Å². The van der Waals surface area contributed by atoms with E-state index in [0.717, 1.165) is 89.1 Å². The molecule has 0 heterocycles. The first-order valence-electron chi connectivity index (χ1n) is 23.9. The van der Waals surface area contributed by atoms with Gasteiger partial charge in [-0.15, -0.1) is 0 Å². The van der Waals surface area contributed by atoms with Crippen molar-refractivity contribution in [1.82, 2.24) is 15.1 Å². The lowest BCUT2D eigenvalue weighted by Crippen LogP contribution is -2.36. The molecule has 0 radical (unpaired) electrons. The lowest BCUT2D eigenvalue weighted by Gasteiger charge is -2.23. The molecule has 0 bridgehead atoms. The van der Waals surface area contributed by atoms with Crippen molar-refractivity contribution >= 4 is 29.3 Å². The van der Waals surface area contributed by atoms with Crippen LogP contribution in [0.2, 0.25) is 0 Å². The fourth-order valence-corrected chi connectivity index (χ4v) is 7.32. The van der Waals surface area contributed by atoms with Crippen LogP contribution in [-0.2, 0) is 19.1 Å². The van der Waals surface area contributed by atoms with E-state index in [9.17, 15) is 9.59 Å². The molecular weight excluding hydrogens is 703 g/mol. The van der Waals surface area contributed by atoms with Gasteiger partial charge in [-0.1, -0.05) is 156 Å². The first kappa shape index (κ1) is 53.6. The second-order valence-electron chi connectivity index (χ2n) is 16.6. The Morgan fingerprint density at radius 3 is 1.42 bits per heavy atom. The van der Waals surface area contributed by atoms with Crippen LogP contribution in [0.5, 0.6) is 0 Å². The van der Waals surface area contributed by atoms with Crippen LogP contribution in [0.25, 0.3) is 0 Å². The van der Waals surface area contributed by atoms with Crippen LogP contribution in [0.4, 0.5) is 0 Å². The standard InChI is InChI=1S/C47H93N3O4S/c1-6-9-12-15-17-18-19-25-33-43-53-45(51)37-30-26-32-41-50(42-34-39-48-47(55)49(4)5)40-31-24-20-23-29-38-46(52)54-44(35-27-21-14-11-8-3)36-28-22-16-13-10-7-2/h44H,6-43H2,1-5H3,(H,48,55). The molecule has 0 aromatic rings. The average Bonchev–Trinajstić information content (AvgIpc) is 3.17. The molecule has 1 unspecified atom stereocenters. The molecule has 0 aromatic heterocycles. The number of hydrogen-bond acceptors (Lipinski definition) is 6. The number of nitrogens with zero attached hydrogens (tertiary/aromatic N) is 2. The monoisotopic (exact) mass is 796 g/mol. The summed E-state index contributed by atoms with van der Waals surface area (Å²) in [5.74, 6) is -0.0106. The highest BCUT2D eigenvalue weighted by Gasteiger charge is 2.14. The topological polar surface area (TPSA) is 71.1 Å². The summed E-state index contributed by atoms with van der Waals surface area (Å²) in [6.07, 6.45) is 38.4. The highest BCUT2D eigenvalue weighted by atomic mass is 32.1. The van der Waals surface area contributed by atoms with E-state index in [4.69, 9.17) is 21.7 Å². The maximum absolute atomic E-state index is 12.8. The predicted octanol–water partition coefficient (Wildman–Crippen LogP) is 13.1. The van der Waals surface area contributed by atoms with E-state index in [1.807, 2.05) is 19.0 Å². The number of ether oxygens (including phenoxy) is 2. The van der Waals surface area contributed by atoms with Gasteiger partial charge in [0.05, 0.1) is 6.61 Å². The molecule has 7 nitrogen and oxygen atoms in total. The van der Waals surface area contributed by atoms with Gasteiger partial charge in [0, 0.05) is 33.5 Å². The van der Waals surface area contributed by atoms with Gasteiger partial charge >= 0.3 is 11.9 Å². The fraction of sp³-hybridized carbons (Fsp3) is 0.936. The van der Waals surface area contributed by atoms with Crippen LogP contribution in [0.1, 0.15) is 233 Å². The van der Waals surface area contributed by atoms with E-state index in [0.29, 0.717) is 19.4 Å². The highest BCUT2D eigenvalue weighted by molar-refractivity contribution is 7.80.